The lowest BCUT2D eigenvalue weighted by Gasteiger charge is -2.29. The first-order chi connectivity index (χ1) is 8.58. The normalized spacial score (nSPS) is 25.7. The third kappa shape index (κ3) is 2.88. The summed E-state index contributed by atoms with van der Waals surface area (Å²) in [6.07, 6.45) is 6.46. The second-order valence-corrected chi connectivity index (χ2v) is 4.89. The van der Waals surface area contributed by atoms with E-state index in [4.69, 9.17) is 5.73 Å². The number of nitrogens with one attached hydrogen (secondary N) is 1. The number of amides is 1. The molecule has 6 heteroatoms. The van der Waals surface area contributed by atoms with Crippen LogP contribution in [0, 0.1) is 0 Å². The number of carbonyl (C=O) groups excluding carboxylic acids is 1. The molecule has 1 aromatic rings. The van der Waals surface area contributed by atoms with Gasteiger partial charge in [0.15, 0.2) is 0 Å². The van der Waals surface area contributed by atoms with Crippen molar-refractivity contribution in [2.45, 2.75) is 43.9 Å². The van der Waals surface area contributed by atoms with Crippen molar-refractivity contribution in [2.24, 2.45) is 12.8 Å². The molecule has 4 N–H and O–H groups in total. The summed E-state index contributed by atoms with van der Waals surface area (Å²) in [5.41, 5.74) is 6.55. The summed E-state index contributed by atoms with van der Waals surface area (Å²) in [6.45, 7) is 0. The molecule has 0 radical (unpaired) electrons. The van der Waals surface area contributed by atoms with E-state index in [0.717, 1.165) is 25.7 Å². The smallest absolute Gasteiger partial charge is 0.241 e. The Bertz CT molecular complexity index is 418. The van der Waals surface area contributed by atoms with Gasteiger partial charge in [0.05, 0.1) is 18.3 Å². The first kappa shape index (κ1) is 13.0. The van der Waals surface area contributed by atoms with Gasteiger partial charge in [-0.2, -0.15) is 5.10 Å². The SMILES string of the molecule is Cn1cc(C(N)C(=O)N[C@H]2CCCC[C@@H]2O)cn1. The number of rotatable bonds is 3. The molecule has 1 aliphatic rings. The molecular formula is C12H20N4O2. The van der Waals surface area contributed by atoms with Gasteiger partial charge in [-0.05, 0) is 12.8 Å². The van der Waals surface area contributed by atoms with Crippen LogP contribution in [0.1, 0.15) is 37.3 Å². The van der Waals surface area contributed by atoms with Gasteiger partial charge < -0.3 is 16.2 Å². The average molecular weight is 252 g/mol. The number of nitrogens with zero attached hydrogens (tertiary/aromatic N) is 2. The van der Waals surface area contributed by atoms with E-state index >= 15 is 0 Å². The second kappa shape index (κ2) is 5.49. The summed E-state index contributed by atoms with van der Waals surface area (Å²) < 4.78 is 1.61. The topological polar surface area (TPSA) is 93.2 Å². The molecule has 0 bridgehead atoms. The van der Waals surface area contributed by atoms with Gasteiger partial charge in [-0.1, -0.05) is 12.8 Å². The zero-order valence-corrected chi connectivity index (χ0v) is 10.5. The van der Waals surface area contributed by atoms with Crippen molar-refractivity contribution in [1.29, 1.82) is 0 Å². The first-order valence-corrected chi connectivity index (χ1v) is 6.30. The van der Waals surface area contributed by atoms with Crippen LogP contribution < -0.4 is 11.1 Å². The lowest BCUT2D eigenvalue weighted by atomic mass is 9.92. The molecule has 1 unspecified atom stereocenters. The van der Waals surface area contributed by atoms with Gasteiger partial charge in [0.25, 0.3) is 0 Å². The lowest BCUT2D eigenvalue weighted by molar-refractivity contribution is -0.124. The molecule has 1 amide bonds. The van der Waals surface area contributed by atoms with Gasteiger partial charge in [-0.15, -0.1) is 0 Å². The van der Waals surface area contributed by atoms with Crippen LogP contribution in [0.5, 0.6) is 0 Å². The molecule has 6 nitrogen and oxygen atoms in total. The third-order valence-electron chi connectivity index (χ3n) is 3.42. The molecular weight excluding hydrogens is 232 g/mol. The molecule has 1 aromatic heterocycles. The van der Waals surface area contributed by atoms with Gasteiger partial charge >= 0.3 is 0 Å². The van der Waals surface area contributed by atoms with E-state index < -0.39 is 12.1 Å². The zero-order chi connectivity index (χ0) is 13.1. The second-order valence-electron chi connectivity index (χ2n) is 4.89. The van der Waals surface area contributed by atoms with E-state index in [1.165, 1.54) is 0 Å². The van der Waals surface area contributed by atoms with Crippen LogP contribution in [0.2, 0.25) is 0 Å². The predicted octanol–water partition coefficient (Wildman–Crippen LogP) is -0.160. The highest BCUT2D eigenvalue weighted by Crippen LogP contribution is 2.19. The Kier molecular flexibility index (Phi) is 3.98. The van der Waals surface area contributed by atoms with E-state index in [2.05, 4.69) is 10.4 Å². The Morgan fingerprint density at radius 2 is 2.33 bits per heavy atom. The Morgan fingerprint density at radius 1 is 1.61 bits per heavy atom. The molecule has 100 valence electrons. The van der Waals surface area contributed by atoms with E-state index in [-0.39, 0.29) is 11.9 Å². The van der Waals surface area contributed by atoms with Crippen molar-refractivity contribution in [2.75, 3.05) is 0 Å². The average Bonchev–Trinajstić information content (AvgIpc) is 2.78. The van der Waals surface area contributed by atoms with Gasteiger partial charge in [0, 0.05) is 18.8 Å². The van der Waals surface area contributed by atoms with Crippen LogP contribution in [0.4, 0.5) is 0 Å². The molecule has 1 saturated carbocycles. The fourth-order valence-electron chi connectivity index (χ4n) is 2.30. The fraction of sp³-hybridized carbons (Fsp3) is 0.667. The van der Waals surface area contributed by atoms with Gasteiger partial charge in [0.2, 0.25) is 5.91 Å². The van der Waals surface area contributed by atoms with E-state index in [9.17, 15) is 9.90 Å². The Morgan fingerprint density at radius 3 is 2.94 bits per heavy atom. The minimum Gasteiger partial charge on any atom is -0.391 e. The third-order valence-corrected chi connectivity index (χ3v) is 3.42. The molecule has 0 saturated heterocycles. The molecule has 0 aromatic carbocycles. The van der Waals surface area contributed by atoms with Crippen molar-refractivity contribution < 1.29 is 9.90 Å². The molecule has 0 aliphatic heterocycles. The van der Waals surface area contributed by atoms with Gasteiger partial charge in [-0.3, -0.25) is 9.48 Å². The number of carbonyl (C=O) groups is 1. The highest BCUT2D eigenvalue weighted by atomic mass is 16.3. The number of nitrogens with two attached hydrogens (primary N) is 1. The zero-order valence-electron chi connectivity index (χ0n) is 10.5. The number of aliphatic hydroxyl groups excluding tert-OH is 1. The van der Waals surface area contributed by atoms with Gasteiger partial charge in [0.1, 0.15) is 6.04 Å². The monoisotopic (exact) mass is 252 g/mol. The van der Waals surface area contributed by atoms with E-state index in [1.807, 2.05) is 0 Å². The van der Waals surface area contributed by atoms with Crippen molar-refractivity contribution in [3.8, 4) is 0 Å². The maximum atomic E-state index is 12.0. The Hall–Kier alpha value is -1.40. The van der Waals surface area contributed by atoms with E-state index in [0.29, 0.717) is 5.56 Å². The van der Waals surface area contributed by atoms with Crippen LogP contribution in [-0.4, -0.2) is 32.9 Å². The number of aromatic nitrogens is 2. The maximum Gasteiger partial charge on any atom is 0.241 e. The largest absolute Gasteiger partial charge is 0.391 e. The highest BCUT2D eigenvalue weighted by Gasteiger charge is 2.27. The van der Waals surface area contributed by atoms with E-state index in [1.54, 1.807) is 24.1 Å². The Balaban J connectivity index is 1.94. The lowest BCUT2D eigenvalue weighted by Crippen LogP contribution is -2.48. The van der Waals surface area contributed by atoms with Crippen molar-refractivity contribution >= 4 is 5.91 Å². The molecule has 2 rings (SSSR count). The molecule has 1 aliphatic carbocycles. The molecule has 1 heterocycles. The summed E-state index contributed by atoms with van der Waals surface area (Å²) in [5, 5.41) is 16.6. The van der Waals surface area contributed by atoms with Crippen LogP contribution in [-0.2, 0) is 11.8 Å². The number of hydrogen-bond donors (Lipinski definition) is 3. The summed E-state index contributed by atoms with van der Waals surface area (Å²) in [5.74, 6) is -0.256. The first-order valence-electron chi connectivity index (χ1n) is 6.30. The minimum absolute atomic E-state index is 0.172. The molecule has 3 atom stereocenters. The summed E-state index contributed by atoms with van der Waals surface area (Å²) in [4.78, 5) is 12.0. The summed E-state index contributed by atoms with van der Waals surface area (Å²) in [6, 6.07) is -0.901. The fourth-order valence-corrected chi connectivity index (χ4v) is 2.30. The predicted molar refractivity (Wildman–Crippen MR) is 66.5 cm³/mol. The van der Waals surface area contributed by atoms with Crippen molar-refractivity contribution in [1.82, 2.24) is 15.1 Å². The molecule has 1 fully saturated rings. The maximum absolute atomic E-state index is 12.0. The van der Waals surface area contributed by atoms with Crippen molar-refractivity contribution in [3.05, 3.63) is 18.0 Å². The summed E-state index contributed by atoms with van der Waals surface area (Å²) >= 11 is 0. The summed E-state index contributed by atoms with van der Waals surface area (Å²) in [7, 11) is 1.78. The van der Waals surface area contributed by atoms with Crippen LogP contribution in [0.15, 0.2) is 12.4 Å². The van der Waals surface area contributed by atoms with Crippen LogP contribution in [0.25, 0.3) is 0 Å². The van der Waals surface area contributed by atoms with Crippen LogP contribution in [0.3, 0.4) is 0 Å². The number of aliphatic hydroxyl groups is 1. The molecule has 18 heavy (non-hydrogen) atoms. The number of aryl methyl sites for hydroxylation is 1. The van der Waals surface area contributed by atoms with Gasteiger partial charge in [-0.25, -0.2) is 0 Å². The highest BCUT2D eigenvalue weighted by molar-refractivity contribution is 5.83. The quantitative estimate of drug-likeness (QED) is 0.697. The number of hydrogen-bond acceptors (Lipinski definition) is 4. The van der Waals surface area contributed by atoms with Crippen LogP contribution >= 0.6 is 0 Å². The Labute approximate surface area is 106 Å². The van der Waals surface area contributed by atoms with Crippen molar-refractivity contribution in [3.63, 3.8) is 0 Å². The minimum atomic E-state index is -0.729. The standard InChI is InChI=1S/C12H20N4O2/c1-16-7-8(6-14-16)11(13)12(18)15-9-4-2-3-5-10(9)17/h6-7,9-11,17H,2-5,13H2,1H3,(H,15,18)/t9-,10-,11?/m0/s1. The molecule has 0 spiro atoms.